The molecule has 0 bridgehead atoms. The van der Waals surface area contributed by atoms with Crippen LogP contribution >= 0.6 is 0 Å². The molecule has 29 heavy (non-hydrogen) atoms. The Labute approximate surface area is 175 Å². The average molecular weight is 398 g/mol. The fourth-order valence-electron chi connectivity index (χ4n) is 3.12. The molecule has 0 N–H and O–H groups in total. The third-order valence-electron chi connectivity index (χ3n) is 5.03. The van der Waals surface area contributed by atoms with Crippen LogP contribution in [0, 0.1) is 0 Å². The number of pyridine rings is 1. The van der Waals surface area contributed by atoms with Crippen molar-refractivity contribution in [1.29, 1.82) is 0 Å². The Kier molecular flexibility index (Phi) is 9.69. The number of unbranched alkanes of at least 4 members (excludes halogenated alkanes) is 2. The van der Waals surface area contributed by atoms with Crippen LogP contribution in [0.2, 0.25) is 0 Å². The molecule has 158 valence electrons. The summed E-state index contributed by atoms with van der Waals surface area (Å²) < 4.78 is 11.6. The van der Waals surface area contributed by atoms with Crippen molar-refractivity contribution in [3.63, 3.8) is 0 Å². The fourth-order valence-corrected chi connectivity index (χ4v) is 3.12. The van der Waals surface area contributed by atoms with Crippen LogP contribution in [-0.4, -0.2) is 17.1 Å². The summed E-state index contributed by atoms with van der Waals surface area (Å²) in [6.45, 7) is 9.10. The lowest BCUT2D eigenvalue weighted by atomic mass is 10.0. The van der Waals surface area contributed by atoms with E-state index in [0.717, 1.165) is 44.1 Å². The summed E-state index contributed by atoms with van der Waals surface area (Å²) >= 11 is 0. The summed E-state index contributed by atoms with van der Waals surface area (Å²) in [6.07, 6.45) is 9.32. The zero-order valence-corrected chi connectivity index (χ0v) is 18.3. The first kappa shape index (κ1) is 22.9. The number of nitrogens with zero attached hydrogens (tertiary/aromatic N) is 1. The summed E-state index contributed by atoms with van der Waals surface area (Å²) in [5, 5.41) is 0. The monoisotopic (exact) mass is 397 g/mol. The topological polar surface area (TPSA) is 48.4 Å². The van der Waals surface area contributed by atoms with E-state index < -0.39 is 0 Å². The highest BCUT2D eigenvalue weighted by Crippen LogP contribution is 2.19. The van der Waals surface area contributed by atoms with Crippen molar-refractivity contribution in [3.8, 4) is 5.75 Å². The molecule has 0 radical (unpaired) electrons. The van der Waals surface area contributed by atoms with Crippen LogP contribution in [0.4, 0.5) is 0 Å². The van der Waals surface area contributed by atoms with Gasteiger partial charge in [0.25, 0.3) is 0 Å². The zero-order valence-electron chi connectivity index (χ0n) is 18.3. The van der Waals surface area contributed by atoms with Crippen molar-refractivity contribution < 1.29 is 14.3 Å². The minimum Gasteiger partial charge on any atom is -0.487 e. The highest BCUT2D eigenvalue weighted by molar-refractivity contribution is 5.89. The summed E-state index contributed by atoms with van der Waals surface area (Å²) in [7, 11) is 0. The van der Waals surface area contributed by atoms with E-state index in [1.165, 1.54) is 5.56 Å². The number of hydrogen-bond acceptors (Lipinski definition) is 4. The van der Waals surface area contributed by atoms with E-state index in [0.29, 0.717) is 23.8 Å². The van der Waals surface area contributed by atoms with E-state index >= 15 is 0 Å². The lowest BCUT2D eigenvalue weighted by Crippen LogP contribution is -2.18. The van der Waals surface area contributed by atoms with Crippen molar-refractivity contribution in [2.75, 3.05) is 0 Å². The Bertz CT molecular complexity index is 732. The molecule has 1 heterocycles. The van der Waals surface area contributed by atoms with E-state index in [2.05, 4.69) is 56.9 Å². The van der Waals surface area contributed by atoms with Crippen LogP contribution in [0.1, 0.15) is 93.6 Å². The molecule has 1 aromatic heterocycles. The van der Waals surface area contributed by atoms with E-state index in [1.807, 2.05) is 0 Å². The van der Waals surface area contributed by atoms with Gasteiger partial charge < -0.3 is 9.47 Å². The Morgan fingerprint density at radius 3 is 2.24 bits per heavy atom. The van der Waals surface area contributed by atoms with Gasteiger partial charge in [-0.15, -0.1) is 0 Å². The normalized spacial score (nSPS) is 11.1. The Balaban J connectivity index is 1.95. The van der Waals surface area contributed by atoms with Crippen molar-refractivity contribution in [3.05, 3.63) is 59.4 Å². The Hall–Kier alpha value is -2.36. The zero-order chi connectivity index (χ0) is 21.1. The maximum absolute atomic E-state index is 12.6. The first-order valence-electron chi connectivity index (χ1n) is 10.9. The van der Waals surface area contributed by atoms with Gasteiger partial charge in [-0.25, -0.2) is 4.79 Å². The number of carbonyl (C=O) groups excluding carboxylic acids is 1. The van der Waals surface area contributed by atoms with Gasteiger partial charge in [-0.05, 0) is 36.0 Å². The minimum atomic E-state index is -0.318. The number of benzene rings is 1. The molecule has 0 aliphatic rings. The molecular formula is C25H35NO3. The standard InChI is InChI=1S/C25H35NO3/c1-5-7-9-23(10-8-6-2)29-25(27)22-15-24(17-26-16-22)28-18-20-11-13-21(14-12-20)19(3)4/h11-17,19,23H,5-10,18H2,1-4H3. The molecule has 0 atom stereocenters. The van der Waals surface area contributed by atoms with E-state index in [1.54, 1.807) is 18.5 Å². The molecule has 2 aromatic rings. The molecule has 0 fully saturated rings. The van der Waals surface area contributed by atoms with Gasteiger partial charge in [0, 0.05) is 6.20 Å². The molecule has 0 amide bonds. The lowest BCUT2D eigenvalue weighted by molar-refractivity contribution is 0.0250. The first-order valence-corrected chi connectivity index (χ1v) is 10.9. The predicted octanol–water partition coefficient (Wildman–Crippen LogP) is 6.69. The van der Waals surface area contributed by atoms with E-state index in [4.69, 9.17) is 9.47 Å². The number of aromatic nitrogens is 1. The molecule has 0 saturated carbocycles. The van der Waals surface area contributed by atoms with Gasteiger partial charge in [-0.1, -0.05) is 77.6 Å². The van der Waals surface area contributed by atoms with Crippen LogP contribution in [0.15, 0.2) is 42.7 Å². The van der Waals surface area contributed by atoms with Gasteiger partial charge >= 0.3 is 5.97 Å². The van der Waals surface area contributed by atoms with Crippen molar-refractivity contribution in [2.45, 2.75) is 84.8 Å². The second kappa shape index (κ2) is 12.3. The fraction of sp³-hybridized carbons (Fsp3) is 0.520. The molecule has 4 heteroatoms. The molecule has 0 unspecified atom stereocenters. The minimum absolute atomic E-state index is 0.0218. The second-order valence-corrected chi connectivity index (χ2v) is 7.91. The van der Waals surface area contributed by atoms with Crippen LogP contribution < -0.4 is 4.74 Å². The third kappa shape index (κ3) is 7.88. The van der Waals surface area contributed by atoms with Crippen LogP contribution in [-0.2, 0) is 11.3 Å². The molecule has 0 saturated heterocycles. The van der Waals surface area contributed by atoms with Crippen LogP contribution in [0.3, 0.4) is 0 Å². The number of carbonyl (C=O) groups is 1. The van der Waals surface area contributed by atoms with Gasteiger partial charge in [-0.2, -0.15) is 0 Å². The molecular weight excluding hydrogens is 362 g/mol. The molecule has 4 nitrogen and oxygen atoms in total. The van der Waals surface area contributed by atoms with Gasteiger partial charge in [0.15, 0.2) is 0 Å². The number of ether oxygens (including phenoxy) is 2. The Morgan fingerprint density at radius 1 is 1.00 bits per heavy atom. The summed E-state index contributed by atoms with van der Waals surface area (Å²) in [4.78, 5) is 16.8. The van der Waals surface area contributed by atoms with Crippen LogP contribution in [0.5, 0.6) is 5.75 Å². The predicted molar refractivity (Wildman–Crippen MR) is 117 cm³/mol. The van der Waals surface area contributed by atoms with Crippen molar-refractivity contribution in [1.82, 2.24) is 4.98 Å². The van der Waals surface area contributed by atoms with Gasteiger partial charge in [0.1, 0.15) is 18.5 Å². The number of rotatable bonds is 12. The van der Waals surface area contributed by atoms with Gasteiger partial charge in [-0.3, -0.25) is 4.98 Å². The highest BCUT2D eigenvalue weighted by atomic mass is 16.5. The summed E-state index contributed by atoms with van der Waals surface area (Å²) in [6, 6.07) is 10.1. The number of hydrogen-bond donors (Lipinski definition) is 0. The maximum atomic E-state index is 12.6. The summed E-state index contributed by atoms with van der Waals surface area (Å²) in [5.74, 6) is 0.767. The van der Waals surface area contributed by atoms with E-state index in [-0.39, 0.29) is 12.1 Å². The second-order valence-electron chi connectivity index (χ2n) is 7.91. The first-order chi connectivity index (χ1) is 14.0. The molecule has 2 rings (SSSR count). The molecule has 0 aliphatic heterocycles. The number of esters is 1. The molecule has 0 spiro atoms. The highest BCUT2D eigenvalue weighted by Gasteiger charge is 2.16. The molecule has 0 aliphatic carbocycles. The van der Waals surface area contributed by atoms with Gasteiger partial charge in [0.05, 0.1) is 11.8 Å². The third-order valence-corrected chi connectivity index (χ3v) is 5.03. The smallest absolute Gasteiger partial charge is 0.340 e. The Morgan fingerprint density at radius 2 is 1.66 bits per heavy atom. The van der Waals surface area contributed by atoms with Crippen LogP contribution in [0.25, 0.3) is 0 Å². The largest absolute Gasteiger partial charge is 0.487 e. The van der Waals surface area contributed by atoms with Gasteiger partial charge in [0.2, 0.25) is 0 Å². The van der Waals surface area contributed by atoms with E-state index in [9.17, 15) is 4.79 Å². The van der Waals surface area contributed by atoms with Crippen molar-refractivity contribution >= 4 is 5.97 Å². The quantitative estimate of drug-likeness (QED) is 0.374. The lowest BCUT2D eigenvalue weighted by Gasteiger charge is -2.17. The molecule has 1 aromatic carbocycles. The van der Waals surface area contributed by atoms with Crippen molar-refractivity contribution in [2.24, 2.45) is 0 Å². The SMILES string of the molecule is CCCCC(CCCC)OC(=O)c1cncc(OCc2ccc(C(C)C)cc2)c1. The summed E-state index contributed by atoms with van der Waals surface area (Å²) in [5.41, 5.74) is 2.83. The average Bonchev–Trinajstić information content (AvgIpc) is 2.74. The maximum Gasteiger partial charge on any atom is 0.340 e.